The molecule has 1 aromatic heterocycles. The number of nitrogens with zero attached hydrogens (tertiary/aromatic N) is 2. The number of aromatic nitrogens is 1. The number of nitrogens with one attached hydrogen (secondary N) is 1. The van der Waals surface area contributed by atoms with Crippen molar-refractivity contribution >= 4 is 17.3 Å². The zero-order chi connectivity index (χ0) is 17.8. The molecule has 2 aromatic carbocycles. The number of hydrogen-bond acceptors (Lipinski definition) is 4. The summed E-state index contributed by atoms with van der Waals surface area (Å²) in [5.41, 5.74) is 3.29. The maximum atomic E-state index is 12.4. The number of benzene rings is 2. The number of para-hydroxylation sites is 2. The van der Waals surface area contributed by atoms with Crippen LogP contribution in [-0.2, 0) is 11.2 Å². The van der Waals surface area contributed by atoms with Crippen molar-refractivity contribution in [1.82, 2.24) is 4.98 Å². The van der Waals surface area contributed by atoms with E-state index in [1.807, 2.05) is 80.5 Å². The molecule has 25 heavy (non-hydrogen) atoms. The second kappa shape index (κ2) is 7.21. The first-order chi connectivity index (χ1) is 12.0. The van der Waals surface area contributed by atoms with Crippen LogP contribution in [0.2, 0.25) is 0 Å². The first-order valence-corrected chi connectivity index (χ1v) is 8.12. The Morgan fingerprint density at radius 1 is 1.08 bits per heavy atom. The van der Waals surface area contributed by atoms with E-state index in [4.69, 9.17) is 4.42 Å². The number of oxazole rings is 1. The molecule has 5 heteroatoms. The fraction of sp³-hybridized carbons (Fsp3) is 0.200. The number of hydrogen-bond donors (Lipinski definition) is 1. The minimum Gasteiger partial charge on any atom is -0.441 e. The first kappa shape index (κ1) is 16.8. The van der Waals surface area contributed by atoms with Gasteiger partial charge in [0, 0.05) is 19.7 Å². The van der Waals surface area contributed by atoms with Crippen LogP contribution in [0.15, 0.2) is 59.0 Å². The highest BCUT2D eigenvalue weighted by Gasteiger charge is 2.15. The lowest BCUT2D eigenvalue weighted by atomic mass is 10.2. The largest absolute Gasteiger partial charge is 0.441 e. The van der Waals surface area contributed by atoms with Crippen LogP contribution in [0.5, 0.6) is 0 Å². The van der Waals surface area contributed by atoms with Gasteiger partial charge >= 0.3 is 0 Å². The van der Waals surface area contributed by atoms with Crippen LogP contribution in [0.25, 0.3) is 11.5 Å². The molecule has 1 heterocycles. The van der Waals surface area contributed by atoms with E-state index in [1.165, 1.54) is 0 Å². The van der Waals surface area contributed by atoms with Crippen molar-refractivity contribution in [3.05, 3.63) is 66.1 Å². The zero-order valence-electron chi connectivity index (χ0n) is 14.6. The minimum atomic E-state index is -0.120. The van der Waals surface area contributed by atoms with Crippen molar-refractivity contribution in [3.63, 3.8) is 0 Å². The van der Waals surface area contributed by atoms with Crippen LogP contribution >= 0.6 is 0 Å². The van der Waals surface area contributed by atoms with Gasteiger partial charge in [0.05, 0.1) is 23.5 Å². The number of anilines is 2. The number of carbonyl (C=O) groups excluding carboxylic acids is 1. The third-order valence-corrected chi connectivity index (χ3v) is 3.90. The van der Waals surface area contributed by atoms with Gasteiger partial charge in [-0.25, -0.2) is 4.98 Å². The summed E-state index contributed by atoms with van der Waals surface area (Å²) in [6, 6.07) is 17.4. The van der Waals surface area contributed by atoms with Crippen molar-refractivity contribution in [1.29, 1.82) is 0 Å². The van der Waals surface area contributed by atoms with Gasteiger partial charge in [0.1, 0.15) is 5.76 Å². The Morgan fingerprint density at radius 2 is 1.76 bits per heavy atom. The molecule has 1 amide bonds. The Balaban J connectivity index is 1.75. The summed E-state index contributed by atoms with van der Waals surface area (Å²) >= 11 is 0. The van der Waals surface area contributed by atoms with Crippen LogP contribution in [0.3, 0.4) is 0 Å². The standard InChI is InChI=1S/C20H21N3O2/c1-14-17(22-20(25-14)15-9-5-4-6-10-15)13-19(24)21-16-11-7-8-12-18(16)23(2)3/h4-12H,13H2,1-3H3,(H,21,24). The third-order valence-electron chi connectivity index (χ3n) is 3.90. The van der Waals surface area contributed by atoms with Gasteiger partial charge in [0.25, 0.3) is 0 Å². The lowest BCUT2D eigenvalue weighted by Gasteiger charge is -2.17. The molecule has 0 atom stereocenters. The van der Waals surface area contributed by atoms with Crippen molar-refractivity contribution < 1.29 is 9.21 Å². The van der Waals surface area contributed by atoms with Crippen LogP contribution < -0.4 is 10.2 Å². The quantitative estimate of drug-likeness (QED) is 0.768. The van der Waals surface area contributed by atoms with E-state index >= 15 is 0 Å². The number of aryl methyl sites for hydroxylation is 1. The summed E-state index contributed by atoms with van der Waals surface area (Å²) in [6.07, 6.45) is 0.171. The van der Waals surface area contributed by atoms with Crippen LogP contribution in [0, 0.1) is 6.92 Å². The second-order valence-electron chi connectivity index (χ2n) is 6.02. The molecule has 5 nitrogen and oxygen atoms in total. The molecule has 0 fully saturated rings. The van der Waals surface area contributed by atoms with E-state index in [9.17, 15) is 4.79 Å². The van der Waals surface area contributed by atoms with E-state index < -0.39 is 0 Å². The molecule has 3 rings (SSSR count). The molecule has 0 unspecified atom stereocenters. The van der Waals surface area contributed by atoms with E-state index in [-0.39, 0.29) is 12.3 Å². The lowest BCUT2D eigenvalue weighted by Crippen LogP contribution is -2.18. The smallest absolute Gasteiger partial charge is 0.230 e. The molecule has 0 spiro atoms. The summed E-state index contributed by atoms with van der Waals surface area (Å²) in [6.45, 7) is 1.83. The average Bonchev–Trinajstić information content (AvgIpc) is 2.96. The molecule has 0 aliphatic carbocycles. The van der Waals surface area contributed by atoms with Gasteiger partial charge in [-0.15, -0.1) is 0 Å². The second-order valence-corrected chi connectivity index (χ2v) is 6.02. The van der Waals surface area contributed by atoms with E-state index in [1.54, 1.807) is 0 Å². The third kappa shape index (κ3) is 3.88. The monoisotopic (exact) mass is 335 g/mol. The van der Waals surface area contributed by atoms with Gasteiger partial charge in [-0.2, -0.15) is 0 Å². The average molecular weight is 335 g/mol. The molecule has 0 aliphatic rings. The molecule has 0 aliphatic heterocycles. The van der Waals surface area contributed by atoms with Gasteiger partial charge in [-0.05, 0) is 31.2 Å². The van der Waals surface area contributed by atoms with Gasteiger partial charge in [0.15, 0.2) is 0 Å². The molecule has 0 saturated heterocycles. The molecule has 0 saturated carbocycles. The Labute approximate surface area is 147 Å². The molecular weight excluding hydrogens is 314 g/mol. The summed E-state index contributed by atoms with van der Waals surface area (Å²) in [4.78, 5) is 18.9. The number of carbonyl (C=O) groups is 1. The zero-order valence-corrected chi connectivity index (χ0v) is 14.6. The first-order valence-electron chi connectivity index (χ1n) is 8.12. The fourth-order valence-electron chi connectivity index (χ4n) is 2.61. The maximum Gasteiger partial charge on any atom is 0.230 e. The molecule has 0 radical (unpaired) electrons. The Bertz CT molecular complexity index is 870. The van der Waals surface area contributed by atoms with Crippen molar-refractivity contribution in [2.75, 3.05) is 24.3 Å². The Morgan fingerprint density at radius 3 is 2.48 bits per heavy atom. The highest BCUT2D eigenvalue weighted by atomic mass is 16.4. The van der Waals surface area contributed by atoms with Gasteiger partial charge in [0.2, 0.25) is 11.8 Å². The number of amides is 1. The van der Waals surface area contributed by atoms with E-state index in [2.05, 4.69) is 10.3 Å². The van der Waals surface area contributed by atoms with E-state index in [0.717, 1.165) is 16.9 Å². The van der Waals surface area contributed by atoms with Gasteiger partial charge in [-0.1, -0.05) is 30.3 Å². The SMILES string of the molecule is Cc1oc(-c2ccccc2)nc1CC(=O)Nc1ccccc1N(C)C. The van der Waals surface area contributed by atoms with Crippen molar-refractivity contribution in [2.45, 2.75) is 13.3 Å². The topological polar surface area (TPSA) is 58.4 Å². The molecule has 1 N–H and O–H groups in total. The van der Waals surface area contributed by atoms with Crippen LogP contribution in [0.4, 0.5) is 11.4 Å². The molecule has 128 valence electrons. The Hall–Kier alpha value is -3.08. The normalized spacial score (nSPS) is 10.5. The van der Waals surface area contributed by atoms with Crippen LogP contribution in [-0.4, -0.2) is 25.0 Å². The summed E-state index contributed by atoms with van der Waals surface area (Å²) in [5.74, 6) is 1.08. The summed E-state index contributed by atoms with van der Waals surface area (Å²) < 4.78 is 5.71. The van der Waals surface area contributed by atoms with Crippen molar-refractivity contribution in [3.8, 4) is 11.5 Å². The minimum absolute atomic E-state index is 0.120. The molecule has 3 aromatic rings. The van der Waals surface area contributed by atoms with Crippen LogP contribution in [0.1, 0.15) is 11.5 Å². The van der Waals surface area contributed by atoms with Gasteiger partial charge in [-0.3, -0.25) is 4.79 Å². The molecule has 0 bridgehead atoms. The summed E-state index contributed by atoms with van der Waals surface area (Å²) in [7, 11) is 3.89. The highest BCUT2D eigenvalue weighted by Crippen LogP contribution is 2.25. The predicted molar refractivity (Wildman–Crippen MR) is 99.8 cm³/mol. The lowest BCUT2D eigenvalue weighted by molar-refractivity contribution is -0.115. The summed E-state index contributed by atoms with van der Waals surface area (Å²) in [5, 5.41) is 2.95. The van der Waals surface area contributed by atoms with Gasteiger partial charge < -0.3 is 14.6 Å². The maximum absolute atomic E-state index is 12.4. The highest BCUT2D eigenvalue weighted by molar-refractivity contribution is 5.95. The number of rotatable bonds is 5. The fourth-order valence-corrected chi connectivity index (χ4v) is 2.61. The molecular formula is C20H21N3O2. The predicted octanol–water partition coefficient (Wildman–Crippen LogP) is 3.90. The van der Waals surface area contributed by atoms with Crippen molar-refractivity contribution in [2.24, 2.45) is 0 Å². The Kier molecular flexibility index (Phi) is 4.84. The van der Waals surface area contributed by atoms with E-state index in [0.29, 0.717) is 17.3 Å².